The van der Waals surface area contributed by atoms with Gasteiger partial charge < -0.3 is 4.74 Å². The van der Waals surface area contributed by atoms with Crippen LogP contribution in [-0.2, 0) is 0 Å². The Morgan fingerprint density at radius 2 is 1.65 bits per heavy atom. The number of halogens is 3. The SMILES string of the molecule is COc1ccc(/C=N/Nc2c(Cl)cc(Cl)cc2Cl)cc1. The molecular formula is C14H11Cl3N2O. The molecule has 0 atom stereocenters. The number of nitrogens with one attached hydrogen (secondary N) is 1. The van der Waals surface area contributed by atoms with E-state index in [1.54, 1.807) is 25.5 Å². The Morgan fingerprint density at radius 1 is 1.05 bits per heavy atom. The van der Waals surface area contributed by atoms with E-state index in [1.807, 2.05) is 24.3 Å². The third-order valence-electron chi connectivity index (χ3n) is 2.51. The van der Waals surface area contributed by atoms with Crippen LogP contribution < -0.4 is 10.2 Å². The van der Waals surface area contributed by atoms with Gasteiger partial charge in [0.25, 0.3) is 0 Å². The maximum atomic E-state index is 6.03. The fraction of sp³-hybridized carbons (Fsp3) is 0.0714. The summed E-state index contributed by atoms with van der Waals surface area (Å²) >= 11 is 17.9. The van der Waals surface area contributed by atoms with Crippen LogP contribution in [0.4, 0.5) is 5.69 Å². The van der Waals surface area contributed by atoms with Crippen LogP contribution in [0.25, 0.3) is 0 Å². The first-order valence-electron chi connectivity index (χ1n) is 5.68. The van der Waals surface area contributed by atoms with E-state index in [1.165, 1.54) is 0 Å². The van der Waals surface area contributed by atoms with E-state index in [4.69, 9.17) is 39.5 Å². The fourth-order valence-electron chi connectivity index (χ4n) is 1.51. The molecule has 2 aromatic rings. The molecule has 0 saturated heterocycles. The summed E-state index contributed by atoms with van der Waals surface area (Å²) < 4.78 is 5.08. The van der Waals surface area contributed by atoms with E-state index in [9.17, 15) is 0 Å². The smallest absolute Gasteiger partial charge is 0.118 e. The summed E-state index contributed by atoms with van der Waals surface area (Å²) in [6.45, 7) is 0. The third kappa shape index (κ3) is 3.79. The molecule has 0 spiro atoms. The van der Waals surface area contributed by atoms with Gasteiger partial charge in [-0.15, -0.1) is 0 Å². The molecule has 0 heterocycles. The second-order valence-electron chi connectivity index (χ2n) is 3.89. The molecule has 0 aliphatic rings. The zero-order valence-electron chi connectivity index (χ0n) is 10.5. The van der Waals surface area contributed by atoms with Gasteiger partial charge in [0.15, 0.2) is 0 Å². The molecule has 20 heavy (non-hydrogen) atoms. The number of benzene rings is 2. The predicted octanol–water partition coefficient (Wildman–Crippen LogP) is 5.10. The van der Waals surface area contributed by atoms with Gasteiger partial charge in [-0.05, 0) is 42.0 Å². The average molecular weight is 330 g/mol. The van der Waals surface area contributed by atoms with Gasteiger partial charge >= 0.3 is 0 Å². The summed E-state index contributed by atoms with van der Waals surface area (Å²) in [6, 6.07) is 10.7. The van der Waals surface area contributed by atoms with Crippen molar-refractivity contribution < 1.29 is 4.74 Å². The number of anilines is 1. The highest BCUT2D eigenvalue weighted by molar-refractivity contribution is 6.41. The van der Waals surface area contributed by atoms with Gasteiger partial charge in [0.1, 0.15) is 5.75 Å². The lowest BCUT2D eigenvalue weighted by Gasteiger charge is -2.06. The molecule has 0 aliphatic heterocycles. The summed E-state index contributed by atoms with van der Waals surface area (Å²) in [5.74, 6) is 0.791. The minimum absolute atomic E-state index is 0.411. The van der Waals surface area contributed by atoms with Crippen LogP contribution in [0.15, 0.2) is 41.5 Å². The van der Waals surface area contributed by atoms with Crippen molar-refractivity contribution in [1.29, 1.82) is 0 Å². The number of methoxy groups -OCH3 is 1. The molecule has 2 aromatic carbocycles. The summed E-state index contributed by atoms with van der Waals surface area (Å²) in [5, 5.41) is 5.39. The first-order valence-corrected chi connectivity index (χ1v) is 6.81. The van der Waals surface area contributed by atoms with E-state index in [-0.39, 0.29) is 0 Å². The van der Waals surface area contributed by atoms with Gasteiger partial charge in [-0.2, -0.15) is 5.10 Å². The number of hydrogen-bond acceptors (Lipinski definition) is 3. The van der Waals surface area contributed by atoms with Crippen molar-refractivity contribution in [2.45, 2.75) is 0 Å². The van der Waals surface area contributed by atoms with Crippen molar-refractivity contribution in [3.63, 3.8) is 0 Å². The highest BCUT2D eigenvalue weighted by atomic mass is 35.5. The Labute approximate surface area is 132 Å². The lowest BCUT2D eigenvalue weighted by Crippen LogP contribution is -1.93. The number of hydrazone groups is 1. The lowest BCUT2D eigenvalue weighted by atomic mass is 10.2. The monoisotopic (exact) mass is 328 g/mol. The van der Waals surface area contributed by atoms with Crippen LogP contribution in [0, 0.1) is 0 Å². The van der Waals surface area contributed by atoms with Crippen LogP contribution in [0.2, 0.25) is 15.1 Å². The van der Waals surface area contributed by atoms with Gasteiger partial charge in [-0.3, -0.25) is 5.43 Å². The minimum Gasteiger partial charge on any atom is -0.497 e. The van der Waals surface area contributed by atoms with Crippen LogP contribution in [0.1, 0.15) is 5.56 Å². The number of ether oxygens (including phenoxy) is 1. The predicted molar refractivity (Wildman–Crippen MR) is 85.7 cm³/mol. The normalized spacial score (nSPS) is 10.8. The standard InChI is InChI=1S/C14H11Cl3N2O/c1-20-11-4-2-9(3-5-11)8-18-19-14-12(16)6-10(15)7-13(14)17/h2-8,19H,1H3/b18-8+. The molecular weight excluding hydrogens is 319 g/mol. The quantitative estimate of drug-likeness (QED) is 0.625. The van der Waals surface area contributed by atoms with Gasteiger partial charge in [0.2, 0.25) is 0 Å². The molecule has 6 heteroatoms. The Balaban J connectivity index is 2.09. The van der Waals surface area contributed by atoms with Crippen molar-refractivity contribution in [1.82, 2.24) is 0 Å². The van der Waals surface area contributed by atoms with E-state index >= 15 is 0 Å². The van der Waals surface area contributed by atoms with Crippen molar-refractivity contribution in [3.05, 3.63) is 57.0 Å². The average Bonchev–Trinajstić information content (AvgIpc) is 2.42. The van der Waals surface area contributed by atoms with Crippen LogP contribution in [0.3, 0.4) is 0 Å². The first kappa shape index (κ1) is 15.0. The molecule has 0 unspecified atom stereocenters. The summed E-state index contributed by atoms with van der Waals surface area (Å²) in [5.41, 5.74) is 4.23. The molecule has 0 bridgehead atoms. The maximum Gasteiger partial charge on any atom is 0.118 e. The van der Waals surface area contributed by atoms with E-state index < -0.39 is 0 Å². The third-order valence-corrected chi connectivity index (χ3v) is 3.33. The van der Waals surface area contributed by atoms with Gasteiger partial charge in [-0.1, -0.05) is 34.8 Å². The molecule has 104 valence electrons. The van der Waals surface area contributed by atoms with Crippen molar-refractivity contribution in [2.24, 2.45) is 5.10 Å². The van der Waals surface area contributed by atoms with E-state index in [2.05, 4.69) is 10.5 Å². The topological polar surface area (TPSA) is 33.6 Å². The molecule has 1 N–H and O–H groups in total. The molecule has 3 nitrogen and oxygen atoms in total. The van der Waals surface area contributed by atoms with Crippen molar-refractivity contribution >= 4 is 46.7 Å². The van der Waals surface area contributed by atoms with Gasteiger partial charge in [0.05, 0.1) is 29.1 Å². The minimum atomic E-state index is 0.411. The Hall–Kier alpha value is -1.42. The van der Waals surface area contributed by atoms with Crippen LogP contribution in [0.5, 0.6) is 5.75 Å². The Bertz CT molecular complexity index is 604. The second kappa shape index (κ2) is 6.84. The zero-order valence-corrected chi connectivity index (χ0v) is 12.8. The van der Waals surface area contributed by atoms with Crippen LogP contribution >= 0.6 is 34.8 Å². The van der Waals surface area contributed by atoms with E-state index in [0.717, 1.165) is 11.3 Å². The molecule has 0 aromatic heterocycles. The fourth-order valence-corrected chi connectivity index (χ4v) is 2.41. The number of rotatable bonds is 4. The molecule has 0 aliphatic carbocycles. The lowest BCUT2D eigenvalue weighted by molar-refractivity contribution is 0.415. The molecule has 0 saturated carbocycles. The summed E-state index contributed by atoms with van der Waals surface area (Å²) in [4.78, 5) is 0. The Morgan fingerprint density at radius 3 is 2.20 bits per heavy atom. The second-order valence-corrected chi connectivity index (χ2v) is 5.14. The Kier molecular flexibility index (Phi) is 5.12. The molecule has 2 rings (SSSR count). The van der Waals surface area contributed by atoms with Crippen LogP contribution in [-0.4, -0.2) is 13.3 Å². The molecule has 0 fully saturated rings. The molecule has 0 radical (unpaired) electrons. The highest BCUT2D eigenvalue weighted by Gasteiger charge is 2.06. The van der Waals surface area contributed by atoms with E-state index in [0.29, 0.717) is 20.8 Å². The number of hydrogen-bond donors (Lipinski definition) is 1. The maximum absolute atomic E-state index is 6.03. The molecule has 0 amide bonds. The summed E-state index contributed by atoms with van der Waals surface area (Å²) in [7, 11) is 1.62. The number of nitrogens with zero attached hydrogens (tertiary/aromatic N) is 1. The largest absolute Gasteiger partial charge is 0.497 e. The van der Waals surface area contributed by atoms with Crippen molar-refractivity contribution in [3.8, 4) is 5.75 Å². The summed E-state index contributed by atoms with van der Waals surface area (Å²) in [6.07, 6.45) is 1.65. The first-order chi connectivity index (χ1) is 9.60. The van der Waals surface area contributed by atoms with Gasteiger partial charge in [-0.25, -0.2) is 0 Å². The van der Waals surface area contributed by atoms with Crippen molar-refractivity contribution in [2.75, 3.05) is 12.5 Å². The zero-order chi connectivity index (χ0) is 14.5. The highest BCUT2D eigenvalue weighted by Crippen LogP contribution is 2.33. The van der Waals surface area contributed by atoms with Gasteiger partial charge in [0, 0.05) is 5.02 Å².